The number of rotatable bonds is 0. The minimum atomic E-state index is -4.64. The Morgan fingerprint density at radius 2 is 0.929 bits per heavy atom. The smallest absolute Gasteiger partial charge is 0.466 e. The van der Waals surface area contributed by atoms with Crippen LogP contribution in [0.25, 0.3) is 0 Å². The summed E-state index contributed by atoms with van der Waals surface area (Å²) >= 11 is 0. The molecule has 0 heterocycles. The average molecular weight is 235 g/mol. The number of hydrogen-bond donors (Lipinski definition) is 6. The van der Waals surface area contributed by atoms with Crippen molar-refractivity contribution in [1.29, 1.82) is 0 Å². The van der Waals surface area contributed by atoms with E-state index in [1.165, 1.54) is 0 Å². The number of carboxylic acid groups (broad SMARTS) is 2. The van der Waals surface area contributed by atoms with Crippen LogP contribution in [-0.2, 0) is 14.2 Å². The molecule has 0 unspecified atom stereocenters. The molecule has 8 N–H and O–H groups in total. The Morgan fingerprint density at radius 3 is 0.929 bits per heavy atom. The molecule has 9 nitrogen and oxygen atoms in total. The minimum absolute atomic E-state index is 0. The van der Waals surface area contributed by atoms with E-state index in [0.717, 1.165) is 13.8 Å². The quantitative estimate of drug-likeness (QED) is 0.298. The first-order valence-corrected chi connectivity index (χ1v) is 4.20. The first kappa shape index (κ1) is 23.1. The van der Waals surface area contributed by atoms with E-state index in [1.54, 1.807) is 0 Å². The van der Waals surface area contributed by atoms with Gasteiger partial charge in [-0.15, -0.1) is 0 Å². The highest BCUT2D eigenvalue weighted by Crippen LogP contribution is 2.25. The van der Waals surface area contributed by atoms with Crippen molar-refractivity contribution in [3.8, 4) is 0 Å². The van der Waals surface area contributed by atoms with Crippen LogP contribution in [0.15, 0.2) is 0 Å². The van der Waals surface area contributed by atoms with Gasteiger partial charge in [-0.3, -0.25) is 9.59 Å². The molecule has 0 radical (unpaired) electrons. The summed E-state index contributed by atoms with van der Waals surface area (Å²) in [5.74, 6) is -1.67. The number of phosphoric acid groups is 1. The maximum atomic E-state index is 9.00. The lowest BCUT2D eigenvalue weighted by Crippen LogP contribution is -1.78. The van der Waals surface area contributed by atoms with Crippen LogP contribution >= 0.6 is 7.82 Å². The standard InChI is InChI=1S/2C2H4O2.H3N.H3O4P/c2*1-2(3)4;;1-5(2,3)4/h2*1H3,(H,3,4);1H3;(H3,1,2,3,4). The lowest BCUT2D eigenvalue weighted by Gasteiger charge is -1.82. The molecule has 0 aliphatic heterocycles. The van der Waals surface area contributed by atoms with Crippen LogP contribution in [0.3, 0.4) is 0 Å². The summed E-state index contributed by atoms with van der Waals surface area (Å²) in [5.41, 5.74) is 0. The van der Waals surface area contributed by atoms with Crippen LogP contribution in [0.4, 0.5) is 0 Å². The summed E-state index contributed by atoms with van der Waals surface area (Å²) in [6.45, 7) is 2.17. The predicted octanol–water partition coefficient (Wildman–Crippen LogP) is -0.585. The van der Waals surface area contributed by atoms with Crippen LogP contribution in [-0.4, -0.2) is 36.8 Å². The summed E-state index contributed by atoms with van der Waals surface area (Å²) in [6.07, 6.45) is 0. The van der Waals surface area contributed by atoms with Crippen molar-refractivity contribution in [2.75, 3.05) is 0 Å². The van der Waals surface area contributed by atoms with E-state index in [2.05, 4.69) is 0 Å². The van der Waals surface area contributed by atoms with Crippen molar-refractivity contribution >= 4 is 19.8 Å². The van der Waals surface area contributed by atoms with Gasteiger partial charge in [0.05, 0.1) is 0 Å². The Bertz CT molecular complexity index is 169. The zero-order valence-electron chi connectivity index (χ0n) is 7.62. The van der Waals surface area contributed by atoms with Crippen molar-refractivity contribution in [2.45, 2.75) is 13.8 Å². The second kappa shape index (κ2) is 12.0. The van der Waals surface area contributed by atoms with Gasteiger partial charge in [0.1, 0.15) is 0 Å². The lowest BCUT2D eigenvalue weighted by molar-refractivity contribution is -0.135. The van der Waals surface area contributed by atoms with Gasteiger partial charge in [0.2, 0.25) is 0 Å². The van der Waals surface area contributed by atoms with Gasteiger partial charge < -0.3 is 31.0 Å². The lowest BCUT2D eigenvalue weighted by atomic mass is 10.9. The molecule has 0 fully saturated rings. The summed E-state index contributed by atoms with van der Waals surface area (Å²) in [7, 11) is -4.64. The molecule has 0 saturated carbocycles. The number of carbonyl (C=O) groups is 2. The molecule has 88 valence electrons. The van der Waals surface area contributed by atoms with Gasteiger partial charge in [-0.1, -0.05) is 0 Å². The second-order valence-electron chi connectivity index (χ2n) is 1.55. The van der Waals surface area contributed by atoms with E-state index in [-0.39, 0.29) is 6.15 Å². The Morgan fingerprint density at radius 1 is 0.929 bits per heavy atom. The fraction of sp³-hybridized carbons (Fsp3) is 0.500. The van der Waals surface area contributed by atoms with Gasteiger partial charge >= 0.3 is 7.82 Å². The molecular formula is C4H14NO8P. The zero-order chi connectivity index (χ0) is 11.7. The van der Waals surface area contributed by atoms with E-state index in [9.17, 15) is 0 Å². The Kier molecular flexibility index (Phi) is 19.8. The molecule has 10 heteroatoms. The molecular weight excluding hydrogens is 221 g/mol. The summed E-state index contributed by atoms with van der Waals surface area (Å²) in [6, 6.07) is 0. The molecule has 0 rings (SSSR count). The third-order valence-electron chi connectivity index (χ3n) is 0. The summed E-state index contributed by atoms with van der Waals surface area (Å²) < 4.78 is 8.88. The highest BCUT2D eigenvalue weighted by Gasteiger charge is 2.00. The summed E-state index contributed by atoms with van der Waals surface area (Å²) in [5, 5.41) is 14.8. The maximum Gasteiger partial charge on any atom is 0.466 e. The van der Waals surface area contributed by atoms with Crippen LogP contribution in [0.2, 0.25) is 0 Å². The third kappa shape index (κ3) is 1130. The average Bonchev–Trinajstić information content (AvgIpc) is 1.50. The first-order chi connectivity index (χ1) is 5.46. The highest BCUT2D eigenvalue weighted by atomic mass is 31.2. The van der Waals surface area contributed by atoms with Crippen LogP contribution < -0.4 is 6.15 Å². The Balaban J connectivity index is -0.0000000522. The normalized spacial score (nSPS) is 7.79. The minimum Gasteiger partial charge on any atom is -0.481 e. The third-order valence-corrected chi connectivity index (χ3v) is 0. The van der Waals surface area contributed by atoms with Crippen molar-refractivity contribution in [2.24, 2.45) is 0 Å². The van der Waals surface area contributed by atoms with Gasteiger partial charge in [0.15, 0.2) is 0 Å². The number of hydrogen-bond acceptors (Lipinski definition) is 4. The Labute approximate surface area is 79.8 Å². The van der Waals surface area contributed by atoms with E-state index in [0.29, 0.717) is 0 Å². The van der Waals surface area contributed by atoms with Gasteiger partial charge in [-0.2, -0.15) is 0 Å². The zero-order valence-corrected chi connectivity index (χ0v) is 8.51. The van der Waals surface area contributed by atoms with Gasteiger partial charge in [0, 0.05) is 13.8 Å². The van der Waals surface area contributed by atoms with Crippen LogP contribution in [0.1, 0.15) is 13.8 Å². The molecule has 0 aliphatic carbocycles. The molecule has 0 bridgehead atoms. The molecule has 0 aromatic heterocycles. The first-order valence-electron chi connectivity index (χ1n) is 2.64. The Hall–Kier alpha value is -0.990. The van der Waals surface area contributed by atoms with E-state index in [4.69, 9.17) is 39.0 Å². The van der Waals surface area contributed by atoms with Crippen molar-refractivity contribution in [3.63, 3.8) is 0 Å². The molecule has 14 heavy (non-hydrogen) atoms. The second-order valence-corrected chi connectivity index (χ2v) is 2.58. The van der Waals surface area contributed by atoms with Gasteiger partial charge in [-0.25, -0.2) is 4.57 Å². The molecule has 0 amide bonds. The topological polar surface area (TPSA) is 187 Å². The van der Waals surface area contributed by atoms with Crippen molar-refractivity contribution in [1.82, 2.24) is 6.15 Å². The predicted molar refractivity (Wildman–Crippen MR) is 45.9 cm³/mol. The van der Waals surface area contributed by atoms with Crippen LogP contribution in [0.5, 0.6) is 0 Å². The monoisotopic (exact) mass is 235 g/mol. The maximum absolute atomic E-state index is 9.00. The van der Waals surface area contributed by atoms with Gasteiger partial charge in [0.25, 0.3) is 11.9 Å². The fourth-order valence-electron chi connectivity index (χ4n) is 0. The summed E-state index contributed by atoms with van der Waals surface area (Å²) in [4.78, 5) is 39.6. The largest absolute Gasteiger partial charge is 0.481 e. The molecule has 0 saturated heterocycles. The fourth-order valence-corrected chi connectivity index (χ4v) is 0. The van der Waals surface area contributed by atoms with E-state index in [1.807, 2.05) is 0 Å². The molecule has 0 aromatic carbocycles. The molecule has 0 spiro atoms. The molecule has 0 aliphatic rings. The van der Waals surface area contributed by atoms with Crippen molar-refractivity contribution in [3.05, 3.63) is 0 Å². The van der Waals surface area contributed by atoms with E-state index >= 15 is 0 Å². The number of carboxylic acids is 2. The number of aliphatic carboxylic acids is 2. The van der Waals surface area contributed by atoms with Gasteiger partial charge in [-0.05, 0) is 0 Å². The highest BCUT2D eigenvalue weighted by molar-refractivity contribution is 7.45. The SMILES string of the molecule is CC(=O)O.CC(=O)O.N.O=P(O)(O)O. The van der Waals surface area contributed by atoms with Crippen molar-refractivity contribution < 1.29 is 39.0 Å². The van der Waals surface area contributed by atoms with E-state index < -0.39 is 19.8 Å². The van der Waals surface area contributed by atoms with Crippen LogP contribution in [0, 0.1) is 0 Å². The molecule has 0 atom stereocenters. The molecule has 0 aromatic rings.